The van der Waals surface area contributed by atoms with Crippen LogP contribution in [0, 0.1) is 13.8 Å². The minimum Gasteiger partial charge on any atom is -0.333 e. The third-order valence-electron chi connectivity index (χ3n) is 3.58. The summed E-state index contributed by atoms with van der Waals surface area (Å²) in [4.78, 5) is 20.0. The lowest BCUT2D eigenvalue weighted by molar-refractivity contribution is 0.102. The van der Waals surface area contributed by atoms with Gasteiger partial charge in [0.25, 0.3) is 0 Å². The molecule has 1 heterocycles. The van der Waals surface area contributed by atoms with Crippen molar-refractivity contribution in [3.8, 4) is 0 Å². The maximum atomic E-state index is 12.2. The highest BCUT2D eigenvalue weighted by molar-refractivity contribution is 9.10. The molecule has 3 rings (SSSR count). The number of benzene rings is 2. The fourth-order valence-electron chi connectivity index (χ4n) is 2.17. The molecule has 0 atom stereocenters. The van der Waals surface area contributed by atoms with E-state index in [1.54, 1.807) is 0 Å². The largest absolute Gasteiger partial charge is 0.333 e. The van der Waals surface area contributed by atoms with E-state index < -0.39 is 0 Å². The van der Waals surface area contributed by atoms with Gasteiger partial charge in [-0.1, -0.05) is 39.8 Å². The molecular weight excluding hydrogens is 360 g/mol. The Bertz CT molecular complexity index is 801. The van der Waals surface area contributed by atoms with Crippen molar-refractivity contribution in [2.75, 3.05) is 5.75 Å². The van der Waals surface area contributed by atoms with Crippen LogP contribution in [0.2, 0.25) is 0 Å². The van der Waals surface area contributed by atoms with E-state index in [0.29, 0.717) is 5.75 Å². The van der Waals surface area contributed by atoms with E-state index in [1.165, 1.54) is 22.9 Å². The predicted molar refractivity (Wildman–Crippen MR) is 94.8 cm³/mol. The molecule has 1 N–H and O–H groups in total. The number of imidazole rings is 1. The zero-order valence-corrected chi connectivity index (χ0v) is 14.7. The van der Waals surface area contributed by atoms with E-state index >= 15 is 0 Å². The molecular formula is C17H15BrN2OS. The van der Waals surface area contributed by atoms with Crippen LogP contribution in [0.3, 0.4) is 0 Å². The molecule has 0 bridgehead atoms. The van der Waals surface area contributed by atoms with Crippen LogP contribution in [0.4, 0.5) is 0 Å². The molecule has 0 unspecified atom stereocenters. The fourth-order valence-corrected chi connectivity index (χ4v) is 3.21. The van der Waals surface area contributed by atoms with E-state index in [1.807, 2.05) is 24.3 Å². The normalized spacial score (nSPS) is 11.0. The maximum absolute atomic E-state index is 12.2. The highest BCUT2D eigenvalue weighted by atomic mass is 79.9. The van der Waals surface area contributed by atoms with Crippen molar-refractivity contribution < 1.29 is 4.79 Å². The van der Waals surface area contributed by atoms with Crippen LogP contribution in [-0.4, -0.2) is 21.5 Å². The van der Waals surface area contributed by atoms with Crippen molar-refractivity contribution in [2.45, 2.75) is 19.0 Å². The molecule has 112 valence electrons. The number of fused-ring (bicyclic) bond motifs is 1. The van der Waals surface area contributed by atoms with Crippen molar-refractivity contribution in [3.05, 3.63) is 57.6 Å². The van der Waals surface area contributed by atoms with Gasteiger partial charge in [-0.25, -0.2) is 4.98 Å². The van der Waals surface area contributed by atoms with Crippen LogP contribution in [0.25, 0.3) is 11.0 Å². The summed E-state index contributed by atoms with van der Waals surface area (Å²) in [6.07, 6.45) is 0. The first kappa shape index (κ1) is 15.3. The summed E-state index contributed by atoms with van der Waals surface area (Å²) >= 11 is 4.81. The summed E-state index contributed by atoms with van der Waals surface area (Å²) in [6.45, 7) is 4.16. The number of hydrogen-bond donors (Lipinski definition) is 1. The number of H-pyrrole nitrogens is 1. The third kappa shape index (κ3) is 3.25. The number of carbonyl (C=O) groups excluding carboxylic acids is 1. The van der Waals surface area contributed by atoms with Crippen LogP contribution in [0.15, 0.2) is 46.0 Å². The summed E-state index contributed by atoms with van der Waals surface area (Å²) in [5.74, 6) is 0.477. The maximum Gasteiger partial charge on any atom is 0.173 e. The smallest absolute Gasteiger partial charge is 0.173 e. The quantitative estimate of drug-likeness (QED) is 0.520. The second-order valence-electron chi connectivity index (χ2n) is 5.21. The van der Waals surface area contributed by atoms with Crippen molar-refractivity contribution in [1.29, 1.82) is 0 Å². The van der Waals surface area contributed by atoms with Gasteiger partial charge in [0.15, 0.2) is 10.9 Å². The number of aromatic nitrogens is 2. The number of thioether (sulfide) groups is 1. The van der Waals surface area contributed by atoms with Crippen molar-refractivity contribution in [1.82, 2.24) is 9.97 Å². The Morgan fingerprint density at radius 2 is 1.86 bits per heavy atom. The van der Waals surface area contributed by atoms with E-state index in [4.69, 9.17) is 0 Å². The molecule has 0 aliphatic carbocycles. The van der Waals surface area contributed by atoms with Gasteiger partial charge in [0.05, 0.1) is 16.8 Å². The van der Waals surface area contributed by atoms with Crippen LogP contribution < -0.4 is 0 Å². The minimum absolute atomic E-state index is 0.102. The van der Waals surface area contributed by atoms with Crippen molar-refractivity contribution >= 4 is 44.5 Å². The molecule has 3 aromatic rings. The first-order chi connectivity index (χ1) is 10.5. The van der Waals surface area contributed by atoms with Crippen LogP contribution in [0.5, 0.6) is 0 Å². The Balaban J connectivity index is 1.73. The molecule has 0 saturated carbocycles. The second kappa shape index (κ2) is 6.26. The zero-order chi connectivity index (χ0) is 15.7. The lowest BCUT2D eigenvalue weighted by Gasteiger charge is -1.99. The van der Waals surface area contributed by atoms with Gasteiger partial charge >= 0.3 is 0 Å². The summed E-state index contributed by atoms with van der Waals surface area (Å²) in [6, 6.07) is 11.6. The number of carbonyl (C=O) groups is 1. The number of nitrogens with one attached hydrogen (secondary N) is 1. The van der Waals surface area contributed by atoms with Gasteiger partial charge in [-0.3, -0.25) is 4.79 Å². The average molecular weight is 375 g/mol. The number of Topliss-reactive ketones (excluding diaryl/α,β-unsaturated/α-hetero) is 1. The fraction of sp³-hybridized carbons (Fsp3) is 0.176. The van der Waals surface area contributed by atoms with Crippen molar-refractivity contribution in [3.63, 3.8) is 0 Å². The molecule has 0 aliphatic heterocycles. The summed E-state index contributed by atoms with van der Waals surface area (Å²) in [7, 11) is 0. The van der Waals surface area contributed by atoms with E-state index in [-0.39, 0.29) is 5.78 Å². The number of hydrogen-bond acceptors (Lipinski definition) is 3. The second-order valence-corrected chi connectivity index (χ2v) is 7.09. The third-order valence-corrected chi connectivity index (χ3v) is 4.98. The first-order valence-corrected chi connectivity index (χ1v) is 8.69. The highest BCUT2D eigenvalue weighted by Gasteiger charge is 2.10. The SMILES string of the molecule is Cc1cc2nc(SCC(=O)c3ccc(Br)cc3)[nH]c2cc1C. The van der Waals surface area contributed by atoms with Crippen LogP contribution in [0.1, 0.15) is 21.5 Å². The molecule has 1 aromatic heterocycles. The number of halogens is 1. The molecule has 5 heteroatoms. The Morgan fingerprint density at radius 1 is 1.18 bits per heavy atom. The van der Waals surface area contributed by atoms with Crippen molar-refractivity contribution in [2.24, 2.45) is 0 Å². The average Bonchev–Trinajstić information content (AvgIpc) is 2.88. The standard InChI is InChI=1S/C17H15BrN2OS/c1-10-7-14-15(8-11(10)2)20-17(19-14)22-9-16(21)12-3-5-13(18)6-4-12/h3-8H,9H2,1-2H3,(H,19,20). The Morgan fingerprint density at radius 3 is 2.59 bits per heavy atom. The Kier molecular flexibility index (Phi) is 4.36. The van der Waals surface area contributed by atoms with Gasteiger partial charge < -0.3 is 4.98 Å². The molecule has 0 spiro atoms. The molecule has 2 aromatic carbocycles. The number of aryl methyl sites for hydroxylation is 2. The Labute approximate surface area is 141 Å². The van der Waals surface area contributed by atoms with Gasteiger partial charge in [-0.05, 0) is 49.2 Å². The zero-order valence-electron chi connectivity index (χ0n) is 12.3. The van der Waals surface area contributed by atoms with Crippen LogP contribution >= 0.6 is 27.7 Å². The lowest BCUT2D eigenvalue weighted by atomic mass is 10.1. The monoisotopic (exact) mass is 374 g/mol. The Hall–Kier alpha value is -1.59. The topological polar surface area (TPSA) is 45.8 Å². The van der Waals surface area contributed by atoms with E-state index in [2.05, 4.69) is 51.9 Å². The molecule has 22 heavy (non-hydrogen) atoms. The van der Waals surface area contributed by atoms with Gasteiger partial charge in [0.2, 0.25) is 0 Å². The number of ketones is 1. The van der Waals surface area contributed by atoms with E-state index in [9.17, 15) is 4.79 Å². The molecule has 0 amide bonds. The van der Waals surface area contributed by atoms with Crippen LogP contribution in [-0.2, 0) is 0 Å². The number of rotatable bonds is 4. The van der Waals surface area contributed by atoms with Gasteiger partial charge in [-0.2, -0.15) is 0 Å². The molecule has 0 fully saturated rings. The predicted octanol–water partition coefficient (Wildman–Crippen LogP) is 4.92. The summed E-state index contributed by atoms with van der Waals surface area (Å²) in [5.41, 5.74) is 5.14. The minimum atomic E-state index is 0.102. The first-order valence-electron chi connectivity index (χ1n) is 6.91. The van der Waals surface area contributed by atoms with E-state index in [0.717, 1.165) is 26.2 Å². The molecule has 0 aliphatic rings. The summed E-state index contributed by atoms with van der Waals surface area (Å²) < 4.78 is 0.972. The van der Waals surface area contributed by atoms with Gasteiger partial charge in [0, 0.05) is 10.0 Å². The van der Waals surface area contributed by atoms with Gasteiger partial charge in [0.1, 0.15) is 0 Å². The number of nitrogens with zero attached hydrogens (tertiary/aromatic N) is 1. The highest BCUT2D eigenvalue weighted by Crippen LogP contribution is 2.23. The molecule has 3 nitrogen and oxygen atoms in total. The van der Waals surface area contributed by atoms with Gasteiger partial charge in [-0.15, -0.1) is 0 Å². The number of aromatic amines is 1. The summed E-state index contributed by atoms with van der Waals surface area (Å²) in [5, 5.41) is 0.783. The molecule has 0 saturated heterocycles. The lowest BCUT2D eigenvalue weighted by Crippen LogP contribution is -2.02. The molecule has 0 radical (unpaired) electrons.